The third-order valence-corrected chi connectivity index (χ3v) is 8.00. The van der Waals surface area contributed by atoms with E-state index < -0.39 is 30.1 Å². The van der Waals surface area contributed by atoms with Gasteiger partial charge in [-0.1, -0.05) is 30.4 Å². The number of cyclic esters (lactones) is 1. The average molecular weight is 548 g/mol. The molecule has 0 saturated carbocycles. The van der Waals surface area contributed by atoms with E-state index in [1.54, 1.807) is 0 Å². The number of benzene rings is 1. The highest BCUT2D eigenvalue weighted by Crippen LogP contribution is 2.39. The van der Waals surface area contributed by atoms with E-state index >= 15 is 0 Å². The van der Waals surface area contributed by atoms with Crippen LogP contribution in [-0.2, 0) is 14.3 Å². The van der Waals surface area contributed by atoms with Crippen molar-refractivity contribution < 1.29 is 23.9 Å². The first-order valence-corrected chi connectivity index (χ1v) is 14.0. The maximum atomic E-state index is 13.0. The summed E-state index contributed by atoms with van der Waals surface area (Å²) >= 11 is 0. The topological polar surface area (TPSA) is 129 Å². The van der Waals surface area contributed by atoms with Crippen LogP contribution in [0.25, 0.3) is 21.8 Å². The molecule has 40 heavy (non-hydrogen) atoms. The lowest BCUT2D eigenvalue weighted by Crippen LogP contribution is -2.47. The molecule has 1 aromatic carbocycles. The Labute approximate surface area is 233 Å². The van der Waals surface area contributed by atoms with Crippen molar-refractivity contribution in [3.63, 3.8) is 0 Å². The van der Waals surface area contributed by atoms with Crippen LogP contribution in [0.5, 0.6) is 5.88 Å². The molecule has 2 aromatic heterocycles. The third kappa shape index (κ3) is 5.35. The Morgan fingerprint density at radius 3 is 2.75 bits per heavy atom. The molecule has 0 radical (unpaired) electrons. The van der Waals surface area contributed by atoms with Gasteiger partial charge in [-0.2, -0.15) is 0 Å². The van der Waals surface area contributed by atoms with Crippen LogP contribution in [0.15, 0.2) is 36.4 Å². The minimum Gasteiger partial charge on any atom is -0.471 e. The molecule has 1 saturated heterocycles. The predicted octanol–water partition coefficient (Wildman–Crippen LogP) is 4.06. The summed E-state index contributed by atoms with van der Waals surface area (Å²) in [6.07, 6.45) is 7.01. The summed E-state index contributed by atoms with van der Waals surface area (Å²) in [5.74, 6) is -0.582. The van der Waals surface area contributed by atoms with Crippen LogP contribution >= 0.6 is 0 Å². The minimum atomic E-state index is -0.850. The smallest absolute Gasteiger partial charge is 0.407 e. The van der Waals surface area contributed by atoms with E-state index in [4.69, 9.17) is 20.2 Å². The highest BCUT2D eigenvalue weighted by Gasteiger charge is 2.40. The van der Waals surface area contributed by atoms with Crippen molar-refractivity contribution in [3.05, 3.63) is 47.7 Å². The number of hydrogen-bond acceptors (Lipinski definition) is 6. The molecule has 3 aromatic rings. The summed E-state index contributed by atoms with van der Waals surface area (Å²) in [5, 5.41) is 4.62. The molecule has 3 N–H and O–H groups in total. The van der Waals surface area contributed by atoms with Crippen molar-refractivity contribution in [2.45, 2.75) is 71.1 Å². The van der Waals surface area contributed by atoms with E-state index in [0.717, 1.165) is 58.7 Å². The molecule has 2 aliphatic heterocycles. The van der Waals surface area contributed by atoms with Gasteiger partial charge in [0.15, 0.2) is 0 Å². The molecule has 10 nitrogen and oxygen atoms in total. The maximum Gasteiger partial charge on any atom is 0.407 e. The molecule has 5 rings (SSSR count). The molecular weight excluding hydrogens is 510 g/mol. The monoisotopic (exact) mass is 547 g/mol. The average Bonchev–Trinajstić information content (AvgIpc) is 3.47. The van der Waals surface area contributed by atoms with E-state index in [2.05, 4.69) is 48.9 Å². The number of aromatic nitrogens is 2. The predicted molar refractivity (Wildman–Crippen MR) is 152 cm³/mol. The minimum absolute atomic E-state index is 0.0409. The standard InChI is InChI=1S/C30H37N5O5/c1-18-11-7-5-4-6-10-14-39-30(38)32-16-25(36)34-17-21(15-24(34)28(31)37)40-29-27-26(19(2)20(3)35(18)27)22-12-8-9-13-23(22)33-29/h7-9,11-13,18,21,24H,4-6,10,14-17H2,1-3H3,(H2,31,37)(H,32,38). The number of amides is 3. The van der Waals surface area contributed by atoms with Crippen LogP contribution in [0, 0.1) is 13.8 Å². The van der Waals surface area contributed by atoms with Gasteiger partial charge in [0, 0.05) is 28.9 Å². The van der Waals surface area contributed by atoms with Crippen LogP contribution in [0.2, 0.25) is 0 Å². The van der Waals surface area contributed by atoms with E-state index in [9.17, 15) is 14.4 Å². The largest absolute Gasteiger partial charge is 0.471 e. The molecule has 4 heterocycles. The van der Waals surface area contributed by atoms with Crippen molar-refractivity contribution in [3.8, 4) is 5.88 Å². The molecule has 10 heteroatoms. The number of allylic oxidation sites excluding steroid dienone is 2. The second-order valence-electron chi connectivity index (χ2n) is 10.7. The fourth-order valence-electron chi connectivity index (χ4n) is 5.87. The highest BCUT2D eigenvalue weighted by atomic mass is 16.5. The zero-order valence-electron chi connectivity index (χ0n) is 23.3. The first kappa shape index (κ1) is 27.5. The van der Waals surface area contributed by atoms with E-state index in [1.807, 2.05) is 18.2 Å². The first-order valence-electron chi connectivity index (χ1n) is 14.0. The number of nitrogens with two attached hydrogens (primary N) is 1. The van der Waals surface area contributed by atoms with Crippen LogP contribution < -0.4 is 15.8 Å². The van der Waals surface area contributed by atoms with E-state index in [0.29, 0.717) is 5.88 Å². The first-order chi connectivity index (χ1) is 19.3. The number of carbonyl (C=O) groups excluding carboxylic acids is 3. The Hall–Kier alpha value is -4.08. The Bertz CT molecular complexity index is 1480. The summed E-state index contributed by atoms with van der Waals surface area (Å²) in [6, 6.07) is 7.18. The molecule has 2 aliphatic rings. The van der Waals surface area contributed by atoms with Crippen LogP contribution in [0.1, 0.15) is 56.3 Å². The third-order valence-electron chi connectivity index (χ3n) is 8.00. The lowest BCUT2D eigenvalue weighted by Gasteiger charge is -2.22. The fraction of sp³-hybridized carbons (Fsp3) is 0.467. The van der Waals surface area contributed by atoms with Crippen LogP contribution in [0.4, 0.5) is 4.79 Å². The molecule has 2 bridgehead atoms. The number of nitrogens with zero attached hydrogens (tertiary/aromatic N) is 3. The second-order valence-corrected chi connectivity index (χ2v) is 10.7. The molecule has 3 unspecified atom stereocenters. The lowest BCUT2D eigenvalue weighted by molar-refractivity contribution is -0.136. The van der Waals surface area contributed by atoms with Gasteiger partial charge in [0.25, 0.3) is 0 Å². The van der Waals surface area contributed by atoms with Crippen molar-refractivity contribution in [1.82, 2.24) is 19.8 Å². The Morgan fingerprint density at radius 2 is 1.95 bits per heavy atom. The van der Waals surface area contributed by atoms with E-state index in [1.165, 1.54) is 4.90 Å². The SMILES string of the molecule is Cc1c(C)n2c3c(nc4ccccc4c13)OC1CC(C(N)=O)N(C1)C(=O)CNC(=O)OCCCCCC=CC2C. The number of nitrogens with one attached hydrogen (secondary N) is 1. The summed E-state index contributed by atoms with van der Waals surface area (Å²) in [7, 11) is 0. The summed E-state index contributed by atoms with van der Waals surface area (Å²) in [6.45, 7) is 6.52. The van der Waals surface area contributed by atoms with E-state index in [-0.39, 0.29) is 32.2 Å². The Balaban J connectivity index is 1.59. The van der Waals surface area contributed by atoms with Gasteiger partial charge in [-0.05, 0) is 58.1 Å². The zero-order chi connectivity index (χ0) is 28.4. The van der Waals surface area contributed by atoms with Gasteiger partial charge in [-0.3, -0.25) is 9.59 Å². The molecular formula is C30H37N5O5. The van der Waals surface area contributed by atoms with Gasteiger partial charge in [0.1, 0.15) is 24.2 Å². The van der Waals surface area contributed by atoms with Gasteiger partial charge < -0.3 is 30.0 Å². The summed E-state index contributed by atoms with van der Waals surface area (Å²) in [4.78, 5) is 43.7. The van der Waals surface area contributed by atoms with Crippen LogP contribution in [0.3, 0.4) is 0 Å². The molecule has 0 aliphatic carbocycles. The van der Waals surface area contributed by atoms with Crippen molar-refractivity contribution in [1.29, 1.82) is 0 Å². The van der Waals surface area contributed by atoms with Gasteiger partial charge >= 0.3 is 6.09 Å². The molecule has 3 atom stereocenters. The quantitative estimate of drug-likeness (QED) is 0.442. The van der Waals surface area contributed by atoms with Crippen molar-refractivity contribution >= 4 is 39.7 Å². The van der Waals surface area contributed by atoms with Crippen LogP contribution in [-0.4, -0.2) is 64.2 Å². The second kappa shape index (κ2) is 11.6. The number of hydrogen-bond donors (Lipinski definition) is 2. The maximum absolute atomic E-state index is 13.0. The van der Waals surface area contributed by atoms with Gasteiger partial charge in [0.2, 0.25) is 17.7 Å². The zero-order valence-corrected chi connectivity index (χ0v) is 23.3. The number of para-hydroxylation sites is 1. The number of ether oxygens (including phenoxy) is 2. The number of alkyl carbamates (subject to hydrolysis) is 1. The van der Waals surface area contributed by atoms with Crippen molar-refractivity contribution in [2.24, 2.45) is 5.73 Å². The molecule has 1 fully saturated rings. The number of carbonyl (C=O) groups is 3. The molecule has 212 valence electrons. The normalized spacial score (nSPS) is 23.1. The lowest BCUT2D eigenvalue weighted by atomic mass is 10.1. The summed E-state index contributed by atoms with van der Waals surface area (Å²) in [5.41, 5.74) is 9.67. The van der Waals surface area contributed by atoms with Gasteiger partial charge in [0.05, 0.1) is 18.7 Å². The van der Waals surface area contributed by atoms with Gasteiger partial charge in [-0.15, -0.1) is 0 Å². The summed E-state index contributed by atoms with van der Waals surface area (Å²) < 4.78 is 14.0. The number of primary amides is 1. The number of rotatable bonds is 1. The Kier molecular flexibility index (Phi) is 7.95. The Morgan fingerprint density at radius 1 is 1.15 bits per heavy atom. The highest BCUT2D eigenvalue weighted by molar-refractivity contribution is 6.09. The number of pyridine rings is 1. The fourth-order valence-corrected chi connectivity index (χ4v) is 5.87. The number of aryl methyl sites for hydroxylation is 1. The molecule has 0 spiro atoms. The molecule has 3 amide bonds. The van der Waals surface area contributed by atoms with Gasteiger partial charge in [-0.25, -0.2) is 9.78 Å². The number of fused-ring (bicyclic) bond motifs is 4. The van der Waals surface area contributed by atoms with Crippen molar-refractivity contribution in [2.75, 3.05) is 19.7 Å².